The minimum atomic E-state index is 0.338. The highest BCUT2D eigenvalue weighted by Crippen LogP contribution is 2.24. The van der Waals surface area contributed by atoms with Gasteiger partial charge in [-0.1, -0.05) is 12.8 Å². The van der Waals surface area contributed by atoms with Crippen molar-refractivity contribution >= 4 is 5.91 Å². The number of likely N-dealkylation sites (tertiary alicyclic amines) is 1. The molecular formula is C17H32N4O. The summed E-state index contributed by atoms with van der Waals surface area (Å²) in [6, 6.07) is 1.42. The SMILES string of the molecule is CN(C)C1CCN(CC(=O)N2CCN(C3CCCC3)CC2)C1. The summed E-state index contributed by atoms with van der Waals surface area (Å²) in [7, 11) is 4.27. The van der Waals surface area contributed by atoms with Crippen LogP contribution >= 0.6 is 0 Å². The fourth-order valence-electron chi connectivity index (χ4n) is 4.27. The molecule has 1 atom stereocenters. The molecule has 2 saturated heterocycles. The van der Waals surface area contributed by atoms with Crippen LogP contribution in [-0.2, 0) is 4.79 Å². The molecule has 1 saturated carbocycles. The van der Waals surface area contributed by atoms with Gasteiger partial charge in [-0.2, -0.15) is 0 Å². The Balaban J connectivity index is 1.40. The predicted octanol–water partition coefficient (Wildman–Crippen LogP) is 0.709. The van der Waals surface area contributed by atoms with Crippen molar-refractivity contribution in [2.45, 2.75) is 44.2 Å². The van der Waals surface area contributed by atoms with Gasteiger partial charge in [-0.15, -0.1) is 0 Å². The lowest BCUT2D eigenvalue weighted by atomic mass is 10.2. The average Bonchev–Trinajstić information content (AvgIpc) is 3.19. The van der Waals surface area contributed by atoms with Crippen LogP contribution in [0.4, 0.5) is 0 Å². The summed E-state index contributed by atoms with van der Waals surface area (Å²) >= 11 is 0. The fraction of sp³-hybridized carbons (Fsp3) is 0.941. The summed E-state index contributed by atoms with van der Waals surface area (Å²) in [5.41, 5.74) is 0. The van der Waals surface area contributed by atoms with E-state index in [1.807, 2.05) is 0 Å². The van der Waals surface area contributed by atoms with Crippen molar-refractivity contribution in [2.24, 2.45) is 0 Å². The summed E-state index contributed by atoms with van der Waals surface area (Å²) in [6.45, 7) is 6.75. The largest absolute Gasteiger partial charge is 0.339 e. The molecule has 1 aliphatic carbocycles. The van der Waals surface area contributed by atoms with Crippen molar-refractivity contribution in [3.05, 3.63) is 0 Å². The maximum Gasteiger partial charge on any atom is 0.236 e. The Morgan fingerprint density at radius 1 is 1.00 bits per heavy atom. The molecule has 126 valence electrons. The molecule has 3 rings (SSSR count). The van der Waals surface area contributed by atoms with E-state index in [0.717, 1.165) is 45.3 Å². The topological polar surface area (TPSA) is 30.0 Å². The Morgan fingerprint density at radius 3 is 2.27 bits per heavy atom. The Morgan fingerprint density at radius 2 is 1.68 bits per heavy atom. The molecule has 0 aromatic rings. The van der Waals surface area contributed by atoms with Gasteiger partial charge in [-0.05, 0) is 33.4 Å². The maximum atomic E-state index is 12.5. The highest BCUT2D eigenvalue weighted by molar-refractivity contribution is 5.78. The lowest BCUT2D eigenvalue weighted by Gasteiger charge is -2.38. The number of carbonyl (C=O) groups is 1. The van der Waals surface area contributed by atoms with Crippen LogP contribution in [0.2, 0.25) is 0 Å². The number of carbonyl (C=O) groups excluding carboxylic acids is 1. The van der Waals surface area contributed by atoms with Gasteiger partial charge in [-0.25, -0.2) is 0 Å². The number of likely N-dealkylation sites (N-methyl/N-ethyl adjacent to an activating group) is 1. The van der Waals surface area contributed by atoms with Crippen LogP contribution in [0.5, 0.6) is 0 Å². The average molecular weight is 308 g/mol. The Kier molecular flexibility index (Phi) is 5.37. The number of nitrogens with zero attached hydrogens (tertiary/aromatic N) is 4. The van der Waals surface area contributed by atoms with Crippen LogP contribution in [0, 0.1) is 0 Å². The molecule has 1 amide bonds. The number of hydrogen-bond acceptors (Lipinski definition) is 4. The van der Waals surface area contributed by atoms with Crippen molar-refractivity contribution in [1.29, 1.82) is 0 Å². The van der Waals surface area contributed by atoms with Gasteiger partial charge < -0.3 is 9.80 Å². The van der Waals surface area contributed by atoms with Crippen LogP contribution in [-0.4, -0.2) is 97.5 Å². The van der Waals surface area contributed by atoms with Crippen molar-refractivity contribution in [3.63, 3.8) is 0 Å². The van der Waals surface area contributed by atoms with Gasteiger partial charge >= 0.3 is 0 Å². The van der Waals surface area contributed by atoms with Gasteiger partial charge in [0.15, 0.2) is 0 Å². The lowest BCUT2D eigenvalue weighted by Crippen LogP contribution is -2.53. The second-order valence-electron chi connectivity index (χ2n) is 7.50. The van der Waals surface area contributed by atoms with E-state index in [4.69, 9.17) is 0 Å². The highest BCUT2D eigenvalue weighted by Gasteiger charge is 2.30. The first-order chi connectivity index (χ1) is 10.6. The summed E-state index contributed by atoms with van der Waals surface area (Å²) in [5, 5.41) is 0. The molecule has 1 unspecified atom stereocenters. The first kappa shape index (κ1) is 16.2. The van der Waals surface area contributed by atoms with Gasteiger partial charge in [0, 0.05) is 51.4 Å². The van der Waals surface area contributed by atoms with Gasteiger partial charge in [0.25, 0.3) is 0 Å². The third-order valence-corrected chi connectivity index (χ3v) is 5.84. The summed E-state index contributed by atoms with van der Waals surface area (Å²) in [5.74, 6) is 0.338. The molecular weight excluding hydrogens is 276 g/mol. The Hall–Kier alpha value is -0.650. The van der Waals surface area contributed by atoms with E-state index in [-0.39, 0.29) is 0 Å². The number of hydrogen-bond donors (Lipinski definition) is 0. The second-order valence-corrected chi connectivity index (χ2v) is 7.50. The molecule has 5 heteroatoms. The maximum absolute atomic E-state index is 12.5. The van der Waals surface area contributed by atoms with Crippen molar-refractivity contribution < 1.29 is 4.79 Å². The van der Waals surface area contributed by atoms with Gasteiger partial charge in [0.2, 0.25) is 5.91 Å². The standard InChI is InChI=1S/C17H32N4O/c1-18(2)16-7-8-19(13-16)14-17(22)21-11-9-20(10-12-21)15-5-3-4-6-15/h15-16H,3-14H2,1-2H3. The monoisotopic (exact) mass is 308 g/mol. The molecule has 0 aromatic heterocycles. The van der Waals surface area contributed by atoms with E-state index in [1.165, 1.54) is 32.1 Å². The first-order valence-electron chi connectivity index (χ1n) is 9.04. The minimum absolute atomic E-state index is 0.338. The third-order valence-electron chi connectivity index (χ3n) is 5.84. The van der Waals surface area contributed by atoms with Crippen molar-refractivity contribution in [2.75, 3.05) is 59.9 Å². The summed E-state index contributed by atoms with van der Waals surface area (Å²) < 4.78 is 0. The van der Waals surface area contributed by atoms with Crippen LogP contribution in [0.15, 0.2) is 0 Å². The molecule has 2 heterocycles. The zero-order valence-electron chi connectivity index (χ0n) is 14.3. The lowest BCUT2D eigenvalue weighted by molar-refractivity contribution is -0.134. The number of piperazine rings is 1. The van der Waals surface area contributed by atoms with E-state index in [1.54, 1.807) is 0 Å². The molecule has 3 fully saturated rings. The van der Waals surface area contributed by atoms with E-state index in [0.29, 0.717) is 18.5 Å². The predicted molar refractivity (Wildman–Crippen MR) is 88.9 cm³/mol. The van der Waals surface area contributed by atoms with Crippen LogP contribution in [0.1, 0.15) is 32.1 Å². The van der Waals surface area contributed by atoms with E-state index in [2.05, 4.69) is 33.7 Å². The van der Waals surface area contributed by atoms with Gasteiger partial charge in [0.1, 0.15) is 0 Å². The van der Waals surface area contributed by atoms with Crippen molar-refractivity contribution in [1.82, 2.24) is 19.6 Å². The molecule has 0 radical (unpaired) electrons. The smallest absolute Gasteiger partial charge is 0.236 e. The number of amides is 1. The van der Waals surface area contributed by atoms with Crippen LogP contribution < -0.4 is 0 Å². The normalized spacial score (nSPS) is 28.9. The second kappa shape index (κ2) is 7.28. The van der Waals surface area contributed by atoms with Crippen molar-refractivity contribution in [3.8, 4) is 0 Å². The molecule has 3 aliphatic rings. The molecule has 0 bridgehead atoms. The Bertz CT molecular complexity index is 373. The fourth-order valence-corrected chi connectivity index (χ4v) is 4.27. The molecule has 2 aliphatic heterocycles. The molecule has 0 N–H and O–H groups in total. The van der Waals surface area contributed by atoms with Crippen LogP contribution in [0.25, 0.3) is 0 Å². The first-order valence-corrected chi connectivity index (χ1v) is 9.04. The zero-order valence-corrected chi connectivity index (χ0v) is 14.3. The number of rotatable bonds is 4. The molecule has 22 heavy (non-hydrogen) atoms. The molecule has 0 spiro atoms. The minimum Gasteiger partial charge on any atom is -0.339 e. The van der Waals surface area contributed by atoms with E-state index in [9.17, 15) is 4.79 Å². The van der Waals surface area contributed by atoms with Gasteiger partial charge in [-0.3, -0.25) is 14.6 Å². The highest BCUT2D eigenvalue weighted by atomic mass is 16.2. The Labute approximate surface area is 135 Å². The molecule has 0 aromatic carbocycles. The quantitative estimate of drug-likeness (QED) is 0.765. The van der Waals surface area contributed by atoms with E-state index >= 15 is 0 Å². The van der Waals surface area contributed by atoms with E-state index < -0.39 is 0 Å². The zero-order chi connectivity index (χ0) is 15.5. The molecule has 5 nitrogen and oxygen atoms in total. The summed E-state index contributed by atoms with van der Waals surface area (Å²) in [6.07, 6.45) is 6.72. The summed E-state index contributed by atoms with van der Waals surface area (Å²) in [4.78, 5) is 21.8. The van der Waals surface area contributed by atoms with Gasteiger partial charge in [0.05, 0.1) is 6.54 Å². The van der Waals surface area contributed by atoms with Crippen LogP contribution in [0.3, 0.4) is 0 Å². The third kappa shape index (κ3) is 3.81.